The molecular formula is C15H19N5. The van der Waals surface area contributed by atoms with Gasteiger partial charge in [-0.3, -0.25) is 0 Å². The zero-order chi connectivity index (χ0) is 14.1. The standard InChI is InChI=1S/C15H19N5/c1-10(16)3-6-15-17-8-13(19-15)11-4-5-14-12(7-11)18-9-20(14)2/h4-5,7-10H,3,6,16H2,1-2H3,(H,17,19). The normalized spacial score (nSPS) is 12.9. The lowest BCUT2D eigenvalue weighted by Gasteiger charge is -2.02. The fraction of sp³-hybridized carbons (Fsp3) is 0.333. The summed E-state index contributed by atoms with van der Waals surface area (Å²) in [5, 5.41) is 0. The van der Waals surface area contributed by atoms with E-state index in [9.17, 15) is 0 Å². The monoisotopic (exact) mass is 269 g/mol. The Kier molecular flexibility index (Phi) is 3.28. The van der Waals surface area contributed by atoms with Crippen LogP contribution in [0.25, 0.3) is 22.3 Å². The molecule has 3 N–H and O–H groups in total. The quantitative estimate of drug-likeness (QED) is 0.763. The predicted molar refractivity (Wildman–Crippen MR) is 80.3 cm³/mol. The van der Waals surface area contributed by atoms with Crippen molar-refractivity contribution in [3.8, 4) is 11.3 Å². The van der Waals surface area contributed by atoms with Gasteiger partial charge in [0.15, 0.2) is 0 Å². The first-order chi connectivity index (χ1) is 9.63. The average molecular weight is 269 g/mol. The molecule has 5 nitrogen and oxygen atoms in total. The second-order valence-corrected chi connectivity index (χ2v) is 5.32. The number of imidazole rings is 2. The van der Waals surface area contributed by atoms with Crippen molar-refractivity contribution in [2.45, 2.75) is 25.8 Å². The van der Waals surface area contributed by atoms with Gasteiger partial charge in [-0.2, -0.15) is 0 Å². The van der Waals surface area contributed by atoms with E-state index in [0.717, 1.165) is 41.0 Å². The fourth-order valence-corrected chi connectivity index (χ4v) is 2.30. The molecule has 5 heteroatoms. The molecular weight excluding hydrogens is 250 g/mol. The van der Waals surface area contributed by atoms with Gasteiger partial charge in [-0.25, -0.2) is 9.97 Å². The molecule has 0 aliphatic heterocycles. The summed E-state index contributed by atoms with van der Waals surface area (Å²) >= 11 is 0. The van der Waals surface area contributed by atoms with Gasteiger partial charge in [0.2, 0.25) is 0 Å². The Balaban J connectivity index is 1.87. The number of nitrogens with two attached hydrogens (primary N) is 1. The van der Waals surface area contributed by atoms with E-state index in [1.54, 1.807) is 0 Å². The minimum Gasteiger partial charge on any atom is -0.342 e. The first kappa shape index (κ1) is 12.9. The summed E-state index contributed by atoms with van der Waals surface area (Å²) in [4.78, 5) is 12.2. The van der Waals surface area contributed by atoms with E-state index in [2.05, 4.69) is 33.2 Å². The Hall–Kier alpha value is -2.14. The summed E-state index contributed by atoms with van der Waals surface area (Å²) in [6, 6.07) is 6.46. The molecule has 0 fully saturated rings. The SMILES string of the molecule is CC(N)CCc1ncc(-c2ccc3c(c2)ncn3C)[nH]1. The third-order valence-corrected chi connectivity index (χ3v) is 3.50. The Morgan fingerprint density at radius 1 is 1.35 bits per heavy atom. The van der Waals surface area contributed by atoms with Crippen LogP contribution in [0.2, 0.25) is 0 Å². The van der Waals surface area contributed by atoms with Gasteiger partial charge in [0.25, 0.3) is 0 Å². The summed E-state index contributed by atoms with van der Waals surface area (Å²) in [6.07, 6.45) is 5.52. The molecule has 2 heterocycles. The number of aromatic nitrogens is 4. The van der Waals surface area contributed by atoms with E-state index in [1.807, 2.05) is 31.1 Å². The Morgan fingerprint density at radius 2 is 2.20 bits per heavy atom. The maximum atomic E-state index is 5.77. The lowest BCUT2D eigenvalue weighted by atomic mass is 10.1. The van der Waals surface area contributed by atoms with Crippen LogP contribution < -0.4 is 5.73 Å². The lowest BCUT2D eigenvalue weighted by Crippen LogP contribution is -2.15. The zero-order valence-corrected chi connectivity index (χ0v) is 11.8. The van der Waals surface area contributed by atoms with Crippen LogP contribution >= 0.6 is 0 Å². The van der Waals surface area contributed by atoms with Gasteiger partial charge in [0.1, 0.15) is 5.82 Å². The number of benzene rings is 1. The Morgan fingerprint density at radius 3 is 3.00 bits per heavy atom. The number of rotatable bonds is 4. The topological polar surface area (TPSA) is 72.5 Å². The molecule has 0 aliphatic rings. The molecule has 1 aromatic carbocycles. The van der Waals surface area contributed by atoms with Gasteiger partial charge >= 0.3 is 0 Å². The zero-order valence-electron chi connectivity index (χ0n) is 11.8. The van der Waals surface area contributed by atoms with E-state index in [0.29, 0.717) is 0 Å². The van der Waals surface area contributed by atoms with Crippen molar-refractivity contribution < 1.29 is 0 Å². The highest BCUT2D eigenvalue weighted by atomic mass is 15.0. The number of nitrogens with zero attached hydrogens (tertiary/aromatic N) is 3. The van der Waals surface area contributed by atoms with Crippen molar-refractivity contribution in [2.24, 2.45) is 12.8 Å². The Labute approximate surface area is 117 Å². The number of nitrogens with one attached hydrogen (secondary N) is 1. The largest absolute Gasteiger partial charge is 0.342 e. The van der Waals surface area contributed by atoms with Crippen molar-refractivity contribution in [3.05, 3.63) is 36.5 Å². The highest BCUT2D eigenvalue weighted by molar-refractivity contribution is 5.81. The molecule has 104 valence electrons. The van der Waals surface area contributed by atoms with Gasteiger partial charge in [0.05, 0.1) is 29.3 Å². The van der Waals surface area contributed by atoms with Crippen molar-refractivity contribution in [3.63, 3.8) is 0 Å². The second kappa shape index (κ2) is 5.09. The predicted octanol–water partition coefficient (Wildman–Crippen LogP) is 2.24. The molecule has 0 spiro atoms. The molecule has 0 aliphatic carbocycles. The molecule has 0 amide bonds. The summed E-state index contributed by atoms with van der Waals surface area (Å²) in [7, 11) is 2.00. The molecule has 1 atom stereocenters. The first-order valence-corrected chi connectivity index (χ1v) is 6.84. The van der Waals surface area contributed by atoms with Gasteiger partial charge in [0, 0.05) is 25.1 Å². The van der Waals surface area contributed by atoms with Crippen LogP contribution in [0.5, 0.6) is 0 Å². The van der Waals surface area contributed by atoms with Crippen molar-refractivity contribution in [1.82, 2.24) is 19.5 Å². The fourth-order valence-electron chi connectivity index (χ4n) is 2.30. The Bertz CT molecular complexity index is 723. The van der Waals surface area contributed by atoms with Gasteiger partial charge < -0.3 is 15.3 Å². The molecule has 3 aromatic rings. The van der Waals surface area contributed by atoms with Crippen LogP contribution in [-0.2, 0) is 13.5 Å². The van der Waals surface area contributed by atoms with Crippen LogP contribution in [0.3, 0.4) is 0 Å². The maximum absolute atomic E-state index is 5.77. The molecule has 20 heavy (non-hydrogen) atoms. The summed E-state index contributed by atoms with van der Waals surface area (Å²) in [5.41, 5.74) is 10.0. The van der Waals surface area contributed by atoms with E-state index in [4.69, 9.17) is 5.73 Å². The second-order valence-electron chi connectivity index (χ2n) is 5.32. The first-order valence-electron chi connectivity index (χ1n) is 6.84. The highest BCUT2D eigenvalue weighted by Crippen LogP contribution is 2.22. The van der Waals surface area contributed by atoms with Crippen LogP contribution in [0.1, 0.15) is 19.2 Å². The molecule has 1 unspecified atom stereocenters. The number of aromatic amines is 1. The van der Waals surface area contributed by atoms with E-state index < -0.39 is 0 Å². The smallest absolute Gasteiger partial charge is 0.106 e. The van der Waals surface area contributed by atoms with Crippen molar-refractivity contribution in [1.29, 1.82) is 0 Å². The van der Waals surface area contributed by atoms with Crippen LogP contribution in [0, 0.1) is 0 Å². The lowest BCUT2D eigenvalue weighted by molar-refractivity contribution is 0.652. The van der Waals surface area contributed by atoms with Crippen molar-refractivity contribution >= 4 is 11.0 Å². The third-order valence-electron chi connectivity index (χ3n) is 3.50. The molecule has 2 aromatic heterocycles. The minimum atomic E-state index is 0.202. The molecule has 0 radical (unpaired) electrons. The number of H-pyrrole nitrogens is 1. The molecule has 0 saturated heterocycles. The van der Waals surface area contributed by atoms with Gasteiger partial charge in [-0.1, -0.05) is 6.07 Å². The average Bonchev–Trinajstić information content (AvgIpc) is 3.04. The number of hydrogen-bond acceptors (Lipinski definition) is 3. The van der Waals surface area contributed by atoms with Crippen LogP contribution in [-0.4, -0.2) is 25.6 Å². The van der Waals surface area contributed by atoms with Gasteiger partial charge in [-0.05, 0) is 25.5 Å². The number of aryl methyl sites for hydroxylation is 2. The van der Waals surface area contributed by atoms with Gasteiger partial charge in [-0.15, -0.1) is 0 Å². The number of hydrogen-bond donors (Lipinski definition) is 2. The molecule has 3 rings (SSSR count). The van der Waals surface area contributed by atoms with Crippen molar-refractivity contribution in [2.75, 3.05) is 0 Å². The van der Waals surface area contributed by atoms with Crippen LogP contribution in [0.15, 0.2) is 30.7 Å². The number of fused-ring (bicyclic) bond motifs is 1. The van der Waals surface area contributed by atoms with Crippen LogP contribution in [0.4, 0.5) is 0 Å². The summed E-state index contributed by atoms with van der Waals surface area (Å²) in [6.45, 7) is 2.01. The molecule has 0 saturated carbocycles. The van der Waals surface area contributed by atoms with E-state index in [1.165, 1.54) is 0 Å². The molecule has 0 bridgehead atoms. The highest BCUT2D eigenvalue weighted by Gasteiger charge is 2.07. The summed E-state index contributed by atoms with van der Waals surface area (Å²) in [5.74, 6) is 0.985. The van der Waals surface area contributed by atoms with E-state index in [-0.39, 0.29) is 6.04 Å². The third kappa shape index (κ3) is 2.44. The van der Waals surface area contributed by atoms with E-state index >= 15 is 0 Å². The maximum Gasteiger partial charge on any atom is 0.106 e. The minimum absolute atomic E-state index is 0.202. The summed E-state index contributed by atoms with van der Waals surface area (Å²) < 4.78 is 2.01.